The first-order valence-electron chi connectivity index (χ1n) is 6.56. The van der Waals surface area contributed by atoms with E-state index >= 15 is 0 Å². The normalized spacial score (nSPS) is 13.1. The molecule has 120 valence electrons. The first-order valence-corrected chi connectivity index (χ1v) is 7.95. The monoisotopic (exact) mass is 318 g/mol. The van der Waals surface area contributed by atoms with E-state index in [9.17, 15) is 19.2 Å². The lowest BCUT2D eigenvalue weighted by Crippen LogP contribution is -2.49. The van der Waals surface area contributed by atoms with Crippen molar-refractivity contribution >= 4 is 35.3 Å². The first-order chi connectivity index (χ1) is 9.77. The number of carboxylic acids is 1. The highest BCUT2D eigenvalue weighted by atomic mass is 32.2. The molecular formula is C13H22N2O5S. The summed E-state index contributed by atoms with van der Waals surface area (Å²) in [5.41, 5.74) is 0. The zero-order chi connectivity index (χ0) is 16.4. The van der Waals surface area contributed by atoms with Crippen LogP contribution in [0.1, 0.15) is 26.7 Å². The van der Waals surface area contributed by atoms with Crippen molar-refractivity contribution in [3.63, 3.8) is 0 Å². The van der Waals surface area contributed by atoms with Gasteiger partial charge in [-0.2, -0.15) is 11.8 Å². The number of carbonyl (C=O) groups is 4. The molecular weight excluding hydrogens is 296 g/mol. The summed E-state index contributed by atoms with van der Waals surface area (Å²) in [7, 11) is 0. The van der Waals surface area contributed by atoms with Gasteiger partial charge in [0.05, 0.1) is 12.5 Å². The molecule has 0 spiro atoms. The van der Waals surface area contributed by atoms with Crippen LogP contribution in [0.15, 0.2) is 0 Å². The molecule has 3 N–H and O–H groups in total. The van der Waals surface area contributed by atoms with E-state index in [0.29, 0.717) is 5.75 Å². The van der Waals surface area contributed by atoms with Gasteiger partial charge in [-0.1, -0.05) is 6.92 Å². The van der Waals surface area contributed by atoms with Crippen LogP contribution >= 0.6 is 11.8 Å². The summed E-state index contributed by atoms with van der Waals surface area (Å²) in [6.45, 7) is 2.81. The maximum atomic E-state index is 11.8. The van der Waals surface area contributed by atoms with E-state index in [1.165, 1.54) is 25.6 Å². The van der Waals surface area contributed by atoms with Gasteiger partial charge in [-0.15, -0.1) is 0 Å². The highest BCUT2D eigenvalue weighted by Crippen LogP contribution is 2.06. The van der Waals surface area contributed by atoms with E-state index < -0.39 is 23.8 Å². The number of aliphatic carboxylic acids is 1. The van der Waals surface area contributed by atoms with Crippen molar-refractivity contribution in [3.8, 4) is 0 Å². The SMILES string of the molecule is CSC[C@H](NC(=O)CC[C@H](C)C(=O)O)C(=O)NCC(C)=O. The molecule has 0 aromatic rings. The van der Waals surface area contributed by atoms with Gasteiger partial charge in [0.1, 0.15) is 11.8 Å². The van der Waals surface area contributed by atoms with Gasteiger partial charge in [-0.3, -0.25) is 19.2 Å². The molecule has 0 fully saturated rings. The number of carbonyl (C=O) groups excluding carboxylic acids is 3. The molecule has 0 saturated carbocycles. The van der Waals surface area contributed by atoms with Crippen LogP contribution in [0, 0.1) is 5.92 Å². The Labute approximate surface area is 128 Å². The minimum Gasteiger partial charge on any atom is -0.481 e. The maximum absolute atomic E-state index is 11.8. The molecule has 0 aliphatic rings. The third kappa shape index (κ3) is 9.06. The number of thioether (sulfide) groups is 1. The van der Waals surface area contributed by atoms with Crippen LogP contribution in [0.3, 0.4) is 0 Å². The van der Waals surface area contributed by atoms with Crippen molar-refractivity contribution in [2.75, 3.05) is 18.6 Å². The van der Waals surface area contributed by atoms with Crippen molar-refractivity contribution < 1.29 is 24.3 Å². The standard InChI is InChI=1S/C13H22N2O5S/c1-8(13(19)20)4-5-11(17)15-10(7-21-3)12(18)14-6-9(2)16/h8,10H,4-7H2,1-3H3,(H,14,18)(H,15,17)(H,19,20)/t8-,10-/m0/s1. The number of nitrogens with one attached hydrogen (secondary N) is 2. The molecule has 0 bridgehead atoms. The van der Waals surface area contributed by atoms with Gasteiger partial charge in [-0.05, 0) is 19.6 Å². The number of hydrogen-bond acceptors (Lipinski definition) is 5. The van der Waals surface area contributed by atoms with E-state index in [4.69, 9.17) is 5.11 Å². The molecule has 0 unspecified atom stereocenters. The minimum atomic E-state index is -0.956. The zero-order valence-electron chi connectivity index (χ0n) is 12.5. The number of rotatable bonds is 10. The fraction of sp³-hybridized carbons (Fsp3) is 0.692. The summed E-state index contributed by atoms with van der Waals surface area (Å²) in [5, 5.41) is 13.7. The molecule has 2 atom stereocenters. The minimum absolute atomic E-state index is 0.0400. The molecule has 0 aromatic heterocycles. The quantitative estimate of drug-likeness (QED) is 0.524. The first kappa shape index (κ1) is 19.4. The third-order valence-electron chi connectivity index (χ3n) is 2.72. The Balaban J connectivity index is 4.35. The largest absolute Gasteiger partial charge is 0.481 e. The smallest absolute Gasteiger partial charge is 0.306 e. The Morgan fingerprint density at radius 2 is 1.86 bits per heavy atom. The third-order valence-corrected chi connectivity index (χ3v) is 3.39. The Bertz CT molecular complexity index is 400. The lowest BCUT2D eigenvalue weighted by molar-refractivity contribution is -0.141. The van der Waals surface area contributed by atoms with Crippen LogP contribution in [-0.4, -0.2) is 53.3 Å². The molecule has 0 aromatic carbocycles. The highest BCUT2D eigenvalue weighted by Gasteiger charge is 2.21. The van der Waals surface area contributed by atoms with Crippen LogP contribution in [0.4, 0.5) is 0 Å². The fourth-order valence-electron chi connectivity index (χ4n) is 1.42. The summed E-state index contributed by atoms with van der Waals surface area (Å²) in [6, 6.07) is -0.730. The van der Waals surface area contributed by atoms with E-state index in [1.807, 2.05) is 0 Å². The van der Waals surface area contributed by atoms with Crippen LogP contribution in [0.5, 0.6) is 0 Å². The van der Waals surface area contributed by atoms with Crippen LogP contribution in [0.25, 0.3) is 0 Å². The molecule has 8 heteroatoms. The van der Waals surface area contributed by atoms with Gasteiger partial charge < -0.3 is 15.7 Å². The van der Waals surface area contributed by atoms with Crippen LogP contribution in [-0.2, 0) is 19.2 Å². The Hall–Kier alpha value is -1.57. The van der Waals surface area contributed by atoms with Gasteiger partial charge >= 0.3 is 5.97 Å². The van der Waals surface area contributed by atoms with Crippen molar-refractivity contribution in [2.45, 2.75) is 32.7 Å². The summed E-state index contributed by atoms with van der Waals surface area (Å²) in [6.07, 6.45) is 2.05. The van der Waals surface area contributed by atoms with Gasteiger partial charge in [0, 0.05) is 12.2 Å². The molecule has 0 radical (unpaired) electrons. The van der Waals surface area contributed by atoms with Crippen molar-refractivity contribution in [3.05, 3.63) is 0 Å². The number of hydrogen-bond donors (Lipinski definition) is 3. The average Bonchev–Trinajstić information content (AvgIpc) is 2.41. The van der Waals surface area contributed by atoms with Gasteiger partial charge in [0.25, 0.3) is 0 Å². The van der Waals surface area contributed by atoms with Crippen LogP contribution in [0.2, 0.25) is 0 Å². The second kappa shape index (κ2) is 10.2. The summed E-state index contributed by atoms with van der Waals surface area (Å²) in [4.78, 5) is 45.1. The number of carboxylic acid groups (broad SMARTS) is 1. The molecule has 7 nitrogen and oxygen atoms in total. The topological polar surface area (TPSA) is 113 Å². The van der Waals surface area contributed by atoms with E-state index in [-0.39, 0.29) is 31.1 Å². The van der Waals surface area contributed by atoms with Crippen molar-refractivity contribution in [1.82, 2.24) is 10.6 Å². The molecule has 0 rings (SSSR count). The lowest BCUT2D eigenvalue weighted by atomic mass is 10.1. The molecule has 2 amide bonds. The van der Waals surface area contributed by atoms with Gasteiger partial charge in [-0.25, -0.2) is 0 Å². The Morgan fingerprint density at radius 3 is 2.33 bits per heavy atom. The Kier molecular flexibility index (Phi) is 9.44. The summed E-state index contributed by atoms with van der Waals surface area (Å²) in [5.74, 6) is -2.15. The average molecular weight is 318 g/mol. The van der Waals surface area contributed by atoms with E-state index in [0.717, 1.165) is 0 Å². The summed E-state index contributed by atoms with van der Waals surface area (Å²) < 4.78 is 0. The molecule has 0 aliphatic heterocycles. The molecule has 21 heavy (non-hydrogen) atoms. The number of amides is 2. The van der Waals surface area contributed by atoms with E-state index in [1.54, 1.807) is 6.26 Å². The fourth-order valence-corrected chi connectivity index (χ4v) is 1.99. The molecule has 0 aliphatic carbocycles. The van der Waals surface area contributed by atoms with Gasteiger partial charge in [0.15, 0.2) is 0 Å². The predicted molar refractivity (Wildman–Crippen MR) is 80.0 cm³/mol. The number of ketones is 1. The van der Waals surface area contributed by atoms with Crippen molar-refractivity contribution in [1.29, 1.82) is 0 Å². The zero-order valence-corrected chi connectivity index (χ0v) is 13.3. The second-order valence-electron chi connectivity index (χ2n) is 4.77. The van der Waals surface area contributed by atoms with Crippen molar-refractivity contribution in [2.24, 2.45) is 5.92 Å². The molecule has 0 saturated heterocycles. The second-order valence-corrected chi connectivity index (χ2v) is 5.68. The Morgan fingerprint density at radius 1 is 1.24 bits per heavy atom. The predicted octanol–water partition coefficient (Wildman–Crippen LogP) is 0.0403. The maximum Gasteiger partial charge on any atom is 0.306 e. The van der Waals surface area contributed by atoms with Gasteiger partial charge in [0.2, 0.25) is 11.8 Å². The lowest BCUT2D eigenvalue weighted by Gasteiger charge is -2.17. The summed E-state index contributed by atoms with van der Waals surface area (Å²) >= 11 is 1.39. The van der Waals surface area contributed by atoms with E-state index in [2.05, 4.69) is 10.6 Å². The van der Waals surface area contributed by atoms with Crippen LogP contribution < -0.4 is 10.6 Å². The molecule has 0 heterocycles. The highest BCUT2D eigenvalue weighted by molar-refractivity contribution is 7.98. The number of Topliss-reactive ketones (excluding diaryl/α,β-unsaturated/α-hetero) is 1.